The van der Waals surface area contributed by atoms with Gasteiger partial charge in [0.1, 0.15) is 11.4 Å². The van der Waals surface area contributed by atoms with Gasteiger partial charge in [-0.2, -0.15) is 18.3 Å². The van der Waals surface area contributed by atoms with E-state index in [1.165, 1.54) is 36.3 Å². The van der Waals surface area contributed by atoms with Gasteiger partial charge in [-0.1, -0.05) is 30.3 Å². The number of fused-ring (bicyclic) bond motifs is 1. The second kappa shape index (κ2) is 13.3. The fraction of sp³-hybridized carbons (Fsp3) is 0.343. The van der Waals surface area contributed by atoms with E-state index in [0.717, 1.165) is 30.3 Å². The minimum absolute atomic E-state index is 0.00552. The van der Waals surface area contributed by atoms with Crippen molar-refractivity contribution in [1.82, 2.24) is 20.0 Å². The summed E-state index contributed by atoms with van der Waals surface area (Å²) < 4.78 is 74.0. The average molecular weight is 696 g/mol. The van der Waals surface area contributed by atoms with E-state index in [2.05, 4.69) is 15.3 Å². The minimum atomic E-state index is -4.85. The van der Waals surface area contributed by atoms with Crippen LogP contribution in [-0.4, -0.2) is 81.0 Å². The SMILES string of the molecule is COc1ccc(-n2nc(C(F)(F)F)c3c2C(=O)N(c2ccc(-c4ccccc4S(C)(=O)=O)cc2)CC3)c(C(=O)NCCC2CCCN2C)c1. The van der Waals surface area contributed by atoms with Crippen LogP contribution in [0.25, 0.3) is 16.8 Å². The van der Waals surface area contributed by atoms with Crippen molar-refractivity contribution >= 4 is 27.3 Å². The summed E-state index contributed by atoms with van der Waals surface area (Å²) >= 11 is 0. The molecule has 2 amide bonds. The zero-order chi connectivity index (χ0) is 35.1. The fourth-order valence-corrected chi connectivity index (χ4v) is 7.57. The number of nitrogens with one attached hydrogen (secondary N) is 1. The number of benzene rings is 3. The molecule has 1 saturated heterocycles. The third kappa shape index (κ3) is 6.79. The smallest absolute Gasteiger partial charge is 0.435 e. The third-order valence-corrected chi connectivity index (χ3v) is 10.3. The number of methoxy groups -OCH3 is 1. The molecular formula is C35H36F3N5O5S. The second-order valence-electron chi connectivity index (χ2n) is 12.3. The first-order valence-corrected chi connectivity index (χ1v) is 17.7. The van der Waals surface area contributed by atoms with E-state index in [4.69, 9.17) is 4.74 Å². The summed E-state index contributed by atoms with van der Waals surface area (Å²) in [6.45, 7) is 1.29. The lowest BCUT2D eigenvalue weighted by Crippen LogP contribution is -2.39. The first-order chi connectivity index (χ1) is 23.3. The lowest BCUT2D eigenvalue weighted by Gasteiger charge is -2.28. The number of likely N-dealkylation sites (tertiary alicyclic amines) is 1. The van der Waals surface area contributed by atoms with Crippen LogP contribution < -0.4 is 15.0 Å². The largest absolute Gasteiger partial charge is 0.497 e. The Morgan fingerprint density at radius 1 is 1.06 bits per heavy atom. The van der Waals surface area contributed by atoms with Gasteiger partial charge in [0.25, 0.3) is 11.8 Å². The monoisotopic (exact) mass is 695 g/mol. The van der Waals surface area contributed by atoms with Gasteiger partial charge in [0, 0.05) is 42.2 Å². The minimum Gasteiger partial charge on any atom is -0.497 e. The van der Waals surface area contributed by atoms with Crippen molar-refractivity contribution in [3.63, 3.8) is 0 Å². The highest BCUT2D eigenvalue weighted by atomic mass is 32.2. The molecule has 10 nitrogen and oxygen atoms in total. The van der Waals surface area contributed by atoms with E-state index in [-0.39, 0.29) is 40.4 Å². The molecule has 0 bridgehead atoms. The van der Waals surface area contributed by atoms with Crippen LogP contribution in [0.3, 0.4) is 0 Å². The van der Waals surface area contributed by atoms with Crippen LogP contribution in [0.15, 0.2) is 71.6 Å². The summed E-state index contributed by atoms with van der Waals surface area (Å²) in [7, 11) is -0.0791. The van der Waals surface area contributed by atoms with Gasteiger partial charge >= 0.3 is 6.18 Å². The molecule has 1 atom stereocenters. The molecule has 2 aliphatic rings. The number of carbonyl (C=O) groups is 2. The van der Waals surface area contributed by atoms with Crippen molar-refractivity contribution in [2.75, 3.05) is 44.9 Å². The van der Waals surface area contributed by atoms with Crippen molar-refractivity contribution in [3.05, 3.63) is 89.2 Å². The van der Waals surface area contributed by atoms with E-state index in [1.807, 2.05) is 7.05 Å². The third-order valence-electron chi connectivity index (χ3n) is 9.17. The molecule has 2 aliphatic heterocycles. The van der Waals surface area contributed by atoms with Gasteiger partial charge in [-0.3, -0.25) is 9.59 Å². The Kier molecular flexibility index (Phi) is 9.29. The number of aromatic nitrogens is 2. The molecule has 1 fully saturated rings. The van der Waals surface area contributed by atoms with Crippen molar-refractivity contribution in [3.8, 4) is 22.6 Å². The van der Waals surface area contributed by atoms with Crippen molar-refractivity contribution in [2.24, 2.45) is 0 Å². The van der Waals surface area contributed by atoms with Crippen LogP contribution in [0.5, 0.6) is 5.75 Å². The quantitative estimate of drug-likeness (QED) is 0.250. The number of carbonyl (C=O) groups excluding carboxylic acids is 2. The molecule has 1 N–H and O–H groups in total. The Morgan fingerprint density at radius 2 is 1.80 bits per heavy atom. The van der Waals surface area contributed by atoms with Gasteiger partial charge in [-0.25, -0.2) is 13.1 Å². The maximum atomic E-state index is 14.4. The number of nitrogens with zero attached hydrogens (tertiary/aromatic N) is 4. The predicted molar refractivity (Wildman–Crippen MR) is 178 cm³/mol. The predicted octanol–water partition coefficient (Wildman–Crippen LogP) is 5.39. The normalized spacial score (nSPS) is 16.9. The Bertz CT molecular complexity index is 2010. The topological polar surface area (TPSA) is 114 Å². The number of halogens is 3. The maximum Gasteiger partial charge on any atom is 0.435 e. The Morgan fingerprint density at radius 3 is 2.45 bits per heavy atom. The van der Waals surface area contributed by atoms with E-state index in [1.54, 1.807) is 42.5 Å². The number of rotatable bonds is 9. The lowest BCUT2D eigenvalue weighted by molar-refractivity contribution is -0.141. The number of anilines is 1. The summed E-state index contributed by atoms with van der Waals surface area (Å²) in [5.41, 5.74) is -0.236. The molecular weight excluding hydrogens is 659 g/mol. The number of ether oxygens (including phenoxy) is 1. The molecule has 258 valence electrons. The Labute approximate surface area is 282 Å². The number of sulfone groups is 1. The van der Waals surface area contributed by atoms with Crippen LogP contribution in [-0.2, 0) is 22.4 Å². The van der Waals surface area contributed by atoms with Gasteiger partial charge in [-0.15, -0.1) is 0 Å². The van der Waals surface area contributed by atoms with E-state index in [0.29, 0.717) is 41.6 Å². The molecule has 4 aromatic rings. The number of hydrogen-bond acceptors (Lipinski definition) is 7. The fourth-order valence-electron chi connectivity index (χ4n) is 6.66. The molecule has 3 heterocycles. The molecule has 1 unspecified atom stereocenters. The van der Waals surface area contributed by atoms with E-state index >= 15 is 0 Å². The number of hydrogen-bond donors (Lipinski definition) is 1. The molecule has 6 rings (SSSR count). The standard InChI is InChI=1S/C35H36F3N5O5S/c1-41-19-6-7-23(41)16-18-39-33(44)28-21-25(48-2)14-15-29(28)43-31-27(32(40-43)35(36,37)38)17-20-42(34(31)45)24-12-10-22(11-13-24)26-8-4-5-9-30(26)49(3,46)47/h4-5,8-15,21,23H,6-7,16-20H2,1-3H3,(H,39,44). The second-order valence-corrected chi connectivity index (χ2v) is 14.3. The Balaban J connectivity index is 1.36. The van der Waals surface area contributed by atoms with E-state index < -0.39 is 33.5 Å². The summed E-state index contributed by atoms with van der Waals surface area (Å²) in [5.74, 6) is -0.940. The first kappa shape index (κ1) is 34.2. The average Bonchev–Trinajstić information content (AvgIpc) is 3.68. The van der Waals surface area contributed by atoms with Crippen LogP contribution in [0, 0.1) is 0 Å². The molecule has 14 heteroatoms. The highest BCUT2D eigenvalue weighted by Gasteiger charge is 2.44. The van der Waals surface area contributed by atoms with Gasteiger partial charge in [-0.05, 0) is 81.2 Å². The molecule has 49 heavy (non-hydrogen) atoms. The summed E-state index contributed by atoms with van der Waals surface area (Å²) in [5, 5.41) is 6.80. The summed E-state index contributed by atoms with van der Waals surface area (Å²) in [6.07, 6.45) is -1.06. The maximum absolute atomic E-state index is 14.4. The van der Waals surface area contributed by atoms with Gasteiger partial charge in [0.15, 0.2) is 15.5 Å². The van der Waals surface area contributed by atoms with Gasteiger partial charge < -0.3 is 19.9 Å². The molecule has 1 aromatic heterocycles. The molecule has 0 spiro atoms. The van der Waals surface area contributed by atoms with Crippen molar-refractivity contribution in [1.29, 1.82) is 0 Å². The van der Waals surface area contributed by atoms with Crippen LogP contribution in [0.4, 0.5) is 18.9 Å². The Hall–Kier alpha value is -4.69. The van der Waals surface area contributed by atoms with Gasteiger partial charge in [0.05, 0.1) is 23.3 Å². The van der Waals surface area contributed by atoms with E-state index in [9.17, 15) is 31.2 Å². The highest BCUT2D eigenvalue weighted by Crippen LogP contribution is 2.38. The molecule has 0 aliphatic carbocycles. The highest BCUT2D eigenvalue weighted by molar-refractivity contribution is 7.90. The molecule has 3 aromatic carbocycles. The lowest BCUT2D eigenvalue weighted by atomic mass is 10.0. The summed E-state index contributed by atoms with van der Waals surface area (Å²) in [4.78, 5) is 31.4. The van der Waals surface area contributed by atoms with Crippen LogP contribution in [0.1, 0.15) is 51.4 Å². The van der Waals surface area contributed by atoms with Crippen LogP contribution in [0.2, 0.25) is 0 Å². The van der Waals surface area contributed by atoms with Gasteiger partial charge in [0.2, 0.25) is 0 Å². The first-order valence-electron chi connectivity index (χ1n) is 15.8. The zero-order valence-electron chi connectivity index (χ0n) is 27.3. The summed E-state index contributed by atoms with van der Waals surface area (Å²) in [6, 6.07) is 17.8. The molecule has 0 radical (unpaired) electrons. The zero-order valence-corrected chi connectivity index (χ0v) is 28.1. The van der Waals surface area contributed by atoms with Crippen molar-refractivity contribution < 1.29 is 35.9 Å². The van der Waals surface area contributed by atoms with Crippen molar-refractivity contribution in [2.45, 2.75) is 42.8 Å². The number of amides is 2. The molecule has 0 saturated carbocycles. The number of alkyl halides is 3. The van der Waals surface area contributed by atoms with Crippen LogP contribution >= 0.6 is 0 Å².